The molecule has 2 aromatic rings. The van der Waals surface area contributed by atoms with Gasteiger partial charge in [-0.1, -0.05) is 23.3 Å². The molecular formula is C7H8N6. The summed E-state index contributed by atoms with van der Waals surface area (Å²) in [6.07, 6.45) is 0. The molecule has 1 aromatic carbocycles. The van der Waals surface area contributed by atoms with E-state index in [0.29, 0.717) is 5.95 Å². The van der Waals surface area contributed by atoms with Crippen LogP contribution in [0.3, 0.4) is 0 Å². The van der Waals surface area contributed by atoms with Crippen molar-refractivity contribution in [2.75, 3.05) is 5.43 Å². The first-order chi connectivity index (χ1) is 6.42. The number of hydrazine groups is 1. The van der Waals surface area contributed by atoms with E-state index in [9.17, 15) is 0 Å². The van der Waals surface area contributed by atoms with Gasteiger partial charge in [0.05, 0.1) is 5.69 Å². The molecule has 13 heavy (non-hydrogen) atoms. The molecule has 0 radical (unpaired) electrons. The molecule has 2 rings (SSSR count). The Morgan fingerprint density at radius 2 is 2.00 bits per heavy atom. The lowest BCUT2D eigenvalue weighted by Crippen LogP contribution is -2.12. The predicted molar refractivity (Wildman–Crippen MR) is 47.0 cm³/mol. The molecule has 6 heteroatoms. The van der Waals surface area contributed by atoms with Crippen LogP contribution in [0.25, 0.3) is 5.69 Å². The standard InChI is InChI=1S/C7H8N6/c8-9-7-10-11-12-13(7)6-4-2-1-3-5-6/h1-5H,8H2,(H,9,10,12). The summed E-state index contributed by atoms with van der Waals surface area (Å²) in [5.41, 5.74) is 3.26. The molecule has 0 aliphatic heterocycles. The summed E-state index contributed by atoms with van der Waals surface area (Å²) in [6, 6.07) is 9.49. The number of nitrogens with one attached hydrogen (secondary N) is 1. The zero-order valence-corrected chi connectivity index (χ0v) is 6.75. The minimum Gasteiger partial charge on any atom is -0.291 e. The Balaban J connectivity index is 2.47. The zero-order valence-electron chi connectivity index (χ0n) is 6.75. The molecule has 0 saturated carbocycles. The van der Waals surface area contributed by atoms with Gasteiger partial charge in [-0.15, -0.1) is 0 Å². The van der Waals surface area contributed by atoms with E-state index in [-0.39, 0.29) is 0 Å². The fourth-order valence-electron chi connectivity index (χ4n) is 1.02. The SMILES string of the molecule is NNc1nnnn1-c1ccccc1. The average Bonchev–Trinajstić information content (AvgIpc) is 2.67. The Labute approximate surface area is 74.3 Å². The van der Waals surface area contributed by atoms with Crippen LogP contribution in [0.15, 0.2) is 30.3 Å². The third-order valence-corrected chi connectivity index (χ3v) is 1.60. The van der Waals surface area contributed by atoms with Crippen LogP contribution in [0.1, 0.15) is 0 Å². The van der Waals surface area contributed by atoms with Gasteiger partial charge in [0.15, 0.2) is 0 Å². The molecule has 0 spiro atoms. The number of anilines is 1. The molecule has 6 nitrogen and oxygen atoms in total. The van der Waals surface area contributed by atoms with Gasteiger partial charge in [0.25, 0.3) is 5.95 Å². The first-order valence-electron chi connectivity index (χ1n) is 3.72. The van der Waals surface area contributed by atoms with Crippen molar-refractivity contribution < 1.29 is 0 Å². The summed E-state index contributed by atoms with van der Waals surface area (Å²) in [7, 11) is 0. The van der Waals surface area contributed by atoms with Gasteiger partial charge >= 0.3 is 0 Å². The molecule has 0 fully saturated rings. The molecule has 0 unspecified atom stereocenters. The van der Waals surface area contributed by atoms with Gasteiger partial charge in [-0.25, -0.2) is 5.84 Å². The van der Waals surface area contributed by atoms with Gasteiger partial charge in [-0.3, -0.25) is 5.43 Å². The highest BCUT2D eigenvalue weighted by atomic mass is 15.6. The average molecular weight is 176 g/mol. The number of rotatable bonds is 2. The van der Waals surface area contributed by atoms with E-state index in [1.807, 2.05) is 30.3 Å². The lowest BCUT2D eigenvalue weighted by molar-refractivity contribution is 0.790. The summed E-state index contributed by atoms with van der Waals surface area (Å²) >= 11 is 0. The van der Waals surface area contributed by atoms with Crippen LogP contribution in [0.4, 0.5) is 5.95 Å². The molecule has 66 valence electrons. The second-order valence-corrected chi connectivity index (χ2v) is 2.39. The second kappa shape index (κ2) is 3.20. The first-order valence-corrected chi connectivity index (χ1v) is 3.72. The molecule has 0 atom stereocenters. The van der Waals surface area contributed by atoms with Crippen LogP contribution in [-0.2, 0) is 0 Å². The fourth-order valence-corrected chi connectivity index (χ4v) is 1.02. The van der Waals surface area contributed by atoms with Crippen molar-refractivity contribution in [3.8, 4) is 5.69 Å². The fraction of sp³-hybridized carbons (Fsp3) is 0. The van der Waals surface area contributed by atoms with Gasteiger partial charge in [0, 0.05) is 0 Å². The van der Waals surface area contributed by atoms with E-state index in [1.54, 1.807) is 0 Å². The van der Waals surface area contributed by atoms with E-state index in [0.717, 1.165) is 5.69 Å². The number of para-hydroxylation sites is 1. The molecule has 0 aliphatic carbocycles. The maximum absolute atomic E-state index is 5.22. The summed E-state index contributed by atoms with van der Waals surface area (Å²) in [4.78, 5) is 0. The number of hydrogen-bond acceptors (Lipinski definition) is 5. The number of tetrazole rings is 1. The summed E-state index contributed by atoms with van der Waals surface area (Å²) in [6.45, 7) is 0. The largest absolute Gasteiger partial charge is 0.291 e. The monoisotopic (exact) mass is 176 g/mol. The Morgan fingerprint density at radius 1 is 1.23 bits per heavy atom. The molecule has 0 bridgehead atoms. The van der Waals surface area contributed by atoms with E-state index < -0.39 is 0 Å². The molecule has 3 N–H and O–H groups in total. The quantitative estimate of drug-likeness (QED) is 0.495. The number of aromatic nitrogens is 4. The van der Waals surface area contributed by atoms with E-state index in [1.165, 1.54) is 4.68 Å². The van der Waals surface area contributed by atoms with Gasteiger partial charge in [0.1, 0.15) is 0 Å². The second-order valence-electron chi connectivity index (χ2n) is 2.39. The highest BCUT2D eigenvalue weighted by Crippen LogP contribution is 2.08. The van der Waals surface area contributed by atoms with Gasteiger partial charge in [-0.05, 0) is 22.6 Å². The third-order valence-electron chi connectivity index (χ3n) is 1.60. The van der Waals surface area contributed by atoms with Crippen LogP contribution in [-0.4, -0.2) is 20.2 Å². The maximum Gasteiger partial charge on any atom is 0.261 e. The first kappa shape index (κ1) is 7.69. The van der Waals surface area contributed by atoms with Gasteiger partial charge in [0.2, 0.25) is 0 Å². The summed E-state index contributed by atoms with van der Waals surface area (Å²) in [5.74, 6) is 5.63. The smallest absolute Gasteiger partial charge is 0.261 e. The molecule has 1 aromatic heterocycles. The van der Waals surface area contributed by atoms with E-state index in [2.05, 4.69) is 21.0 Å². The van der Waals surface area contributed by atoms with Crippen molar-refractivity contribution in [1.82, 2.24) is 20.2 Å². The maximum atomic E-state index is 5.22. The van der Waals surface area contributed by atoms with Crippen LogP contribution < -0.4 is 11.3 Å². The minimum atomic E-state index is 0.409. The Bertz CT molecular complexity index is 381. The molecule has 0 amide bonds. The third kappa shape index (κ3) is 1.34. The number of hydrogen-bond donors (Lipinski definition) is 2. The Morgan fingerprint density at radius 3 is 2.69 bits per heavy atom. The number of nitrogen functional groups attached to an aromatic ring is 1. The van der Waals surface area contributed by atoms with Crippen molar-refractivity contribution in [1.29, 1.82) is 0 Å². The van der Waals surface area contributed by atoms with Crippen molar-refractivity contribution in [2.45, 2.75) is 0 Å². The number of benzene rings is 1. The van der Waals surface area contributed by atoms with Crippen LogP contribution >= 0.6 is 0 Å². The highest BCUT2D eigenvalue weighted by Gasteiger charge is 2.04. The molecule has 1 heterocycles. The van der Waals surface area contributed by atoms with Crippen molar-refractivity contribution in [3.63, 3.8) is 0 Å². The number of nitrogens with two attached hydrogens (primary N) is 1. The Kier molecular flexibility index (Phi) is 1.89. The lowest BCUT2D eigenvalue weighted by Gasteiger charge is -2.01. The van der Waals surface area contributed by atoms with Crippen LogP contribution in [0.5, 0.6) is 0 Å². The van der Waals surface area contributed by atoms with Gasteiger partial charge in [-0.2, -0.15) is 4.68 Å². The topological polar surface area (TPSA) is 81.7 Å². The molecule has 0 aliphatic rings. The Hall–Kier alpha value is -1.95. The minimum absolute atomic E-state index is 0.409. The molecular weight excluding hydrogens is 168 g/mol. The van der Waals surface area contributed by atoms with E-state index in [4.69, 9.17) is 5.84 Å². The lowest BCUT2D eigenvalue weighted by atomic mass is 10.3. The van der Waals surface area contributed by atoms with Crippen molar-refractivity contribution in [2.24, 2.45) is 5.84 Å². The van der Waals surface area contributed by atoms with E-state index >= 15 is 0 Å². The summed E-state index contributed by atoms with van der Waals surface area (Å²) in [5, 5.41) is 10.9. The predicted octanol–water partition coefficient (Wildman–Crippen LogP) is -0.0521. The van der Waals surface area contributed by atoms with Crippen molar-refractivity contribution in [3.05, 3.63) is 30.3 Å². The summed E-state index contributed by atoms with van der Waals surface area (Å²) < 4.78 is 1.51. The van der Waals surface area contributed by atoms with Crippen molar-refractivity contribution >= 4 is 5.95 Å². The van der Waals surface area contributed by atoms with Crippen LogP contribution in [0.2, 0.25) is 0 Å². The van der Waals surface area contributed by atoms with Gasteiger partial charge < -0.3 is 0 Å². The zero-order chi connectivity index (χ0) is 9.10. The normalized spacial score (nSPS) is 9.92. The van der Waals surface area contributed by atoms with Crippen LogP contribution in [0, 0.1) is 0 Å². The molecule has 0 saturated heterocycles. The highest BCUT2D eigenvalue weighted by molar-refractivity contribution is 5.37. The number of nitrogens with zero attached hydrogens (tertiary/aromatic N) is 4.